The molecule has 0 bridgehead atoms. The summed E-state index contributed by atoms with van der Waals surface area (Å²) in [6.45, 7) is 0. The van der Waals surface area contributed by atoms with E-state index >= 15 is 0 Å². The Labute approximate surface area is 101 Å². The lowest BCUT2D eigenvalue weighted by molar-refractivity contribution is 0.0992. The molecule has 0 fully saturated rings. The van der Waals surface area contributed by atoms with E-state index in [4.69, 9.17) is 0 Å². The van der Waals surface area contributed by atoms with Crippen LogP contribution in [0.4, 0.5) is 0 Å². The number of halogens is 1. The third-order valence-electron chi connectivity index (χ3n) is 2.03. The van der Waals surface area contributed by atoms with Crippen LogP contribution in [0.2, 0.25) is 0 Å². The molecule has 0 N–H and O–H groups in total. The summed E-state index contributed by atoms with van der Waals surface area (Å²) in [6.07, 6.45) is 6.65. The zero-order chi connectivity index (χ0) is 11.4. The Hall–Kier alpha value is -1.62. The fraction of sp³-hybridized carbons (Fsp3) is 0.0909. The third kappa shape index (κ3) is 2.70. The molecular weight excluding hydrogens is 270 g/mol. The number of Topliss-reactive ketones (excluding diaryl/α,β-unsaturated/α-hetero) is 1. The smallest absolute Gasteiger partial charge is 0.168 e. The molecule has 0 aliphatic heterocycles. The molecule has 0 atom stereocenters. The normalized spacial score (nSPS) is 10.1. The van der Waals surface area contributed by atoms with E-state index in [1.54, 1.807) is 18.5 Å². The van der Waals surface area contributed by atoms with E-state index in [0.717, 1.165) is 10.0 Å². The second kappa shape index (κ2) is 4.94. The number of pyridine rings is 1. The summed E-state index contributed by atoms with van der Waals surface area (Å²) >= 11 is 3.31. The van der Waals surface area contributed by atoms with Crippen molar-refractivity contribution in [3.05, 3.63) is 52.5 Å². The molecule has 0 saturated carbocycles. The van der Waals surface area contributed by atoms with Crippen LogP contribution in [0.5, 0.6) is 0 Å². The van der Waals surface area contributed by atoms with E-state index in [1.165, 1.54) is 12.4 Å². The molecule has 0 amide bonds. The van der Waals surface area contributed by atoms with E-state index < -0.39 is 0 Å². The first-order chi connectivity index (χ1) is 7.75. The average Bonchev–Trinajstić information content (AvgIpc) is 2.30. The molecule has 5 heteroatoms. The quantitative estimate of drug-likeness (QED) is 0.806. The minimum absolute atomic E-state index is 0.00907. The van der Waals surface area contributed by atoms with Crippen LogP contribution in [0.1, 0.15) is 15.9 Å². The first-order valence-corrected chi connectivity index (χ1v) is 5.44. The second-order valence-electron chi connectivity index (χ2n) is 3.24. The van der Waals surface area contributed by atoms with Gasteiger partial charge in [-0.05, 0) is 33.6 Å². The summed E-state index contributed by atoms with van der Waals surface area (Å²) < 4.78 is 0.866. The van der Waals surface area contributed by atoms with Crippen molar-refractivity contribution in [1.29, 1.82) is 0 Å². The van der Waals surface area contributed by atoms with Gasteiger partial charge in [0.1, 0.15) is 0 Å². The number of hydrogen-bond donors (Lipinski definition) is 0. The van der Waals surface area contributed by atoms with Crippen LogP contribution >= 0.6 is 15.9 Å². The van der Waals surface area contributed by atoms with E-state index in [1.807, 2.05) is 6.07 Å². The number of carbonyl (C=O) groups is 1. The van der Waals surface area contributed by atoms with Crippen LogP contribution in [0, 0.1) is 0 Å². The third-order valence-corrected chi connectivity index (χ3v) is 2.47. The van der Waals surface area contributed by atoms with Gasteiger partial charge in [-0.3, -0.25) is 9.78 Å². The number of rotatable bonds is 3. The molecule has 0 spiro atoms. The lowest BCUT2D eigenvalue weighted by atomic mass is 10.1. The highest BCUT2D eigenvalue weighted by Crippen LogP contribution is 2.11. The molecule has 16 heavy (non-hydrogen) atoms. The van der Waals surface area contributed by atoms with Crippen LogP contribution in [0.25, 0.3) is 0 Å². The Morgan fingerprint density at radius 3 is 2.81 bits per heavy atom. The predicted octanol–water partition coefficient (Wildman–Crippen LogP) is 2.06. The molecule has 2 heterocycles. The van der Waals surface area contributed by atoms with Crippen molar-refractivity contribution in [2.45, 2.75) is 6.42 Å². The van der Waals surface area contributed by atoms with Crippen molar-refractivity contribution in [2.75, 3.05) is 0 Å². The summed E-state index contributed by atoms with van der Waals surface area (Å²) in [5.74, 6) is 0.00907. The van der Waals surface area contributed by atoms with Gasteiger partial charge in [0.05, 0.1) is 12.4 Å². The fourth-order valence-electron chi connectivity index (χ4n) is 1.30. The van der Waals surface area contributed by atoms with Gasteiger partial charge >= 0.3 is 0 Å². The lowest BCUT2D eigenvalue weighted by Gasteiger charge is -2.00. The Morgan fingerprint density at radius 2 is 2.12 bits per heavy atom. The molecule has 2 aromatic rings. The molecule has 0 radical (unpaired) electrons. The number of aromatic nitrogens is 3. The summed E-state index contributed by atoms with van der Waals surface area (Å²) in [4.78, 5) is 15.8. The van der Waals surface area contributed by atoms with Crippen LogP contribution in [0.3, 0.4) is 0 Å². The van der Waals surface area contributed by atoms with Crippen LogP contribution in [0.15, 0.2) is 41.4 Å². The van der Waals surface area contributed by atoms with Gasteiger partial charge in [0, 0.05) is 28.9 Å². The van der Waals surface area contributed by atoms with E-state index in [0.29, 0.717) is 12.0 Å². The standard InChI is InChI=1S/C11H8BrN3O/c12-10-3-8(5-13-7-10)4-11(16)9-1-2-14-15-6-9/h1-3,5-7H,4H2. The van der Waals surface area contributed by atoms with E-state index in [9.17, 15) is 4.79 Å². The maximum absolute atomic E-state index is 11.8. The summed E-state index contributed by atoms with van der Waals surface area (Å²) in [6, 6.07) is 3.53. The zero-order valence-corrected chi connectivity index (χ0v) is 9.89. The van der Waals surface area contributed by atoms with Gasteiger partial charge < -0.3 is 0 Å². The van der Waals surface area contributed by atoms with Crippen molar-refractivity contribution in [1.82, 2.24) is 15.2 Å². The molecule has 0 unspecified atom stereocenters. The maximum atomic E-state index is 11.8. The Balaban J connectivity index is 2.14. The molecule has 0 aromatic carbocycles. The molecule has 0 aliphatic rings. The van der Waals surface area contributed by atoms with Crippen molar-refractivity contribution in [3.8, 4) is 0 Å². The molecular formula is C11H8BrN3O. The average molecular weight is 278 g/mol. The molecule has 2 rings (SSSR count). The second-order valence-corrected chi connectivity index (χ2v) is 4.16. The fourth-order valence-corrected chi connectivity index (χ4v) is 1.71. The lowest BCUT2D eigenvalue weighted by Crippen LogP contribution is -2.04. The summed E-state index contributed by atoms with van der Waals surface area (Å²) in [5, 5.41) is 7.30. The molecule has 4 nitrogen and oxygen atoms in total. The topological polar surface area (TPSA) is 55.7 Å². The maximum Gasteiger partial charge on any atom is 0.168 e. The highest BCUT2D eigenvalue weighted by atomic mass is 79.9. The van der Waals surface area contributed by atoms with Gasteiger partial charge in [-0.25, -0.2) is 0 Å². The predicted molar refractivity (Wildman–Crippen MR) is 62.0 cm³/mol. The highest BCUT2D eigenvalue weighted by molar-refractivity contribution is 9.10. The van der Waals surface area contributed by atoms with Gasteiger partial charge in [0.25, 0.3) is 0 Å². The number of ketones is 1. The molecule has 0 aliphatic carbocycles. The van der Waals surface area contributed by atoms with Crippen molar-refractivity contribution in [2.24, 2.45) is 0 Å². The number of hydrogen-bond acceptors (Lipinski definition) is 4. The van der Waals surface area contributed by atoms with Gasteiger partial charge in [-0.15, -0.1) is 0 Å². The van der Waals surface area contributed by atoms with Crippen molar-refractivity contribution in [3.63, 3.8) is 0 Å². The first-order valence-electron chi connectivity index (χ1n) is 4.65. The molecule has 2 aromatic heterocycles. The van der Waals surface area contributed by atoms with Crippen LogP contribution in [-0.4, -0.2) is 21.0 Å². The SMILES string of the molecule is O=C(Cc1cncc(Br)c1)c1ccnnc1. The van der Waals surface area contributed by atoms with E-state index in [2.05, 4.69) is 31.1 Å². The number of nitrogens with zero attached hydrogens (tertiary/aromatic N) is 3. The van der Waals surface area contributed by atoms with E-state index in [-0.39, 0.29) is 5.78 Å². The minimum atomic E-state index is 0.00907. The Kier molecular flexibility index (Phi) is 3.36. The summed E-state index contributed by atoms with van der Waals surface area (Å²) in [5.41, 5.74) is 1.44. The Bertz CT molecular complexity index is 502. The van der Waals surface area contributed by atoms with Gasteiger partial charge in [-0.1, -0.05) is 0 Å². The van der Waals surface area contributed by atoms with Gasteiger partial charge in [0.2, 0.25) is 0 Å². The number of carbonyl (C=O) groups excluding carboxylic acids is 1. The van der Waals surface area contributed by atoms with Crippen LogP contribution < -0.4 is 0 Å². The first kappa shape index (κ1) is 10.9. The molecule has 0 saturated heterocycles. The zero-order valence-electron chi connectivity index (χ0n) is 8.30. The van der Waals surface area contributed by atoms with Gasteiger partial charge in [0.15, 0.2) is 5.78 Å². The van der Waals surface area contributed by atoms with Crippen molar-refractivity contribution >= 4 is 21.7 Å². The Morgan fingerprint density at radius 1 is 1.25 bits per heavy atom. The van der Waals surface area contributed by atoms with Crippen molar-refractivity contribution < 1.29 is 4.79 Å². The monoisotopic (exact) mass is 277 g/mol. The minimum Gasteiger partial charge on any atom is -0.294 e. The summed E-state index contributed by atoms with van der Waals surface area (Å²) in [7, 11) is 0. The van der Waals surface area contributed by atoms with Crippen LogP contribution in [-0.2, 0) is 6.42 Å². The largest absolute Gasteiger partial charge is 0.294 e. The molecule has 80 valence electrons. The highest BCUT2D eigenvalue weighted by Gasteiger charge is 2.07. The van der Waals surface area contributed by atoms with Gasteiger partial charge in [-0.2, -0.15) is 10.2 Å².